The molecule has 94 valence electrons. The highest BCUT2D eigenvalue weighted by molar-refractivity contribution is 6.30. The maximum Gasteiger partial charge on any atom is 0.244 e. The van der Waals surface area contributed by atoms with Crippen molar-refractivity contribution in [2.75, 3.05) is 5.32 Å². The summed E-state index contributed by atoms with van der Waals surface area (Å²) < 4.78 is 0. The van der Waals surface area contributed by atoms with Crippen LogP contribution in [0.2, 0.25) is 5.02 Å². The van der Waals surface area contributed by atoms with Gasteiger partial charge in [-0.25, -0.2) is 0 Å². The molecule has 1 aromatic carbocycles. The van der Waals surface area contributed by atoms with Gasteiger partial charge in [0.25, 0.3) is 0 Å². The lowest BCUT2D eigenvalue weighted by Crippen LogP contribution is -2.36. The molecule has 0 heterocycles. The van der Waals surface area contributed by atoms with E-state index in [9.17, 15) is 10.1 Å². The van der Waals surface area contributed by atoms with Crippen molar-refractivity contribution in [1.29, 1.82) is 5.26 Å². The number of hydrogen-bond acceptors (Lipinski definition) is 2. The molecule has 1 aromatic rings. The number of carbonyl (C=O) groups excluding carboxylic acids is 1. The van der Waals surface area contributed by atoms with Crippen LogP contribution in [0.4, 0.5) is 5.69 Å². The quantitative estimate of drug-likeness (QED) is 0.882. The molecule has 1 fully saturated rings. The van der Waals surface area contributed by atoms with E-state index in [0.717, 1.165) is 19.3 Å². The number of anilines is 1. The van der Waals surface area contributed by atoms with Gasteiger partial charge in [-0.15, -0.1) is 0 Å². The predicted octanol–water partition coefficient (Wildman–Crippen LogP) is 3.75. The lowest BCUT2D eigenvalue weighted by atomic mass is 9.74. The van der Waals surface area contributed by atoms with E-state index in [0.29, 0.717) is 23.6 Å². The molecule has 0 atom stereocenters. The topological polar surface area (TPSA) is 52.9 Å². The van der Waals surface area contributed by atoms with E-state index in [1.807, 2.05) is 0 Å². The zero-order valence-electron chi connectivity index (χ0n) is 10.1. The van der Waals surface area contributed by atoms with Gasteiger partial charge in [0.05, 0.1) is 6.07 Å². The molecule has 0 spiro atoms. The molecule has 0 radical (unpaired) electrons. The van der Waals surface area contributed by atoms with Crippen LogP contribution in [0, 0.1) is 16.7 Å². The fourth-order valence-corrected chi connectivity index (χ4v) is 2.45. The summed E-state index contributed by atoms with van der Waals surface area (Å²) in [5.41, 5.74) is -0.165. The van der Waals surface area contributed by atoms with Crippen molar-refractivity contribution in [2.24, 2.45) is 5.41 Å². The molecule has 0 unspecified atom stereocenters. The second kappa shape index (κ2) is 5.41. The van der Waals surface area contributed by atoms with Gasteiger partial charge >= 0.3 is 0 Å². The van der Waals surface area contributed by atoms with Crippen LogP contribution in [-0.2, 0) is 4.79 Å². The van der Waals surface area contributed by atoms with E-state index in [1.54, 1.807) is 24.3 Å². The van der Waals surface area contributed by atoms with Crippen molar-refractivity contribution in [3.05, 3.63) is 29.3 Å². The Hall–Kier alpha value is -1.53. The van der Waals surface area contributed by atoms with E-state index < -0.39 is 5.41 Å². The number of nitrogens with zero attached hydrogens (tertiary/aromatic N) is 1. The van der Waals surface area contributed by atoms with Crippen molar-refractivity contribution < 1.29 is 4.79 Å². The van der Waals surface area contributed by atoms with Crippen LogP contribution in [0.25, 0.3) is 0 Å². The Labute approximate surface area is 112 Å². The van der Waals surface area contributed by atoms with Crippen molar-refractivity contribution in [3.8, 4) is 6.07 Å². The third-order valence-electron chi connectivity index (χ3n) is 3.46. The molecule has 0 bridgehead atoms. The fraction of sp³-hybridized carbons (Fsp3) is 0.429. The van der Waals surface area contributed by atoms with Crippen LogP contribution in [0.15, 0.2) is 24.3 Å². The number of halogens is 1. The summed E-state index contributed by atoms with van der Waals surface area (Å²) in [5.74, 6) is -0.188. The monoisotopic (exact) mass is 262 g/mol. The maximum absolute atomic E-state index is 12.2. The van der Waals surface area contributed by atoms with Crippen LogP contribution < -0.4 is 5.32 Å². The molecule has 0 saturated heterocycles. The van der Waals surface area contributed by atoms with Crippen molar-refractivity contribution >= 4 is 23.2 Å². The molecule has 18 heavy (non-hydrogen) atoms. The standard InChI is InChI=1S/C14H15ClN2O/c15-11-4-6-12(7-5-11)17-13(18)14(10-16)8-2-1-3-9-14/h4-7H,1-3,8-9H2,(H,17,18). The van der Waals surface area contributed by atoms with Gasteiger partial charge in [0.1, 0.15) is 5.41 Å². The van der Waals surface area contributed by atoms with Crippen LogP contribution >= 0.6 is 11.6 Å². The van der Waals surface area contributed by atoms with E-state index >= 15 is 0 Å². The van der Waals surface area contributed by atoms with Crippen LogP contribution in [0.1, 0.15) is 32.1 Å². The SMILES string of the molecule is N#CC1(C(=O)Nc2ccc(Cl)cc2)CCCCC1. The van der Waals surface area contributed by atoms with Crippen molar-refractivity contribution in [3.63, 3.8) is 0 Å². The van der Waals surface area contributed by atoms with E-state index in [4.69, 9.17) is 11.6 Å². The third kappa shape index (κ3) is 2.65. The summed E-state index contributed by atoms with van der Waals surface area (Å²) in [6.45, 7) is 0. The number of rotatable bonds is 2. The number of benzene rings is 1. The summed E-state index contributed by atoms with van der Waals surface area (Å²) in [6.07, 6.45) is 4.31. The molecular formula is C14H15ClN2O. The average molecular weight is 263 g/mol. The molecule has 1 saturated carbocycles. The highest BCUT2D eigenvalue weighted by atomic mass is 35.5. The van der Waals surface area contributed by atoms with Gasteiger partial charge in [-0.05, 0) is 37.1 Å². The Kier molecular flexibility index (Phi) is 3.88. The van der Waals surface area contributed by atoms with Gasteiger partial charge in [-0.2, -0.15) is 5.26 Å². The maximum atomic E-state index is 12.2. The van der Waals surface area contributed by atoms with Gasteiger partial charge in [-0.3, -0.25) is 4.79 Å². The Morgan fingerprint density at radius 2 is 1.83 bits per heavy atom. The predicted molar refractivity (Wildman–Crippen MR) is 71.2 cm³/mol. The lowest BCUT2D eigenvalue weighted by molar-refractivity contribution is -0.124. The average Bonchev–Trinajstić information content (AvgIpc) is 2.42. The number of nitriles is 1. The van der Waals surface area contributed by atoms with E-state index in [2.05, 4.69) is 11.4 Å². The van der Waals surface area contributed by atoms with Crippen LogP contribution in [0.5, 0.6) is 0 Å². The first kappa shape index (κ1) is 12.9. The van der Waals surface area contributed by atoms with Crippen LogP contribution in [-0.4, -0.2) is 5.91 Å². The number of carbonyl (C=O) groups is 1. The Morgan fingerprint density at radius 3 is 2.39 bits per heavy atom. The normalized spacial score (nSPS) is 17.8. The lowest BCUT2D eigenvalue weighted by Gasteiger charge is -2.29. The first-order chi connectivity index (χ1) is 8.66. The molecule has 2 rings (SSSR count). The molecule has 0 aliphatic heterocycles. The zero-order chi connectivity index (χ0) is 13.0. The van der Waals surface area contributed by atoms with E-state index in [-0.39, 0.29) is 5.91 Å². The molecule has 1 N–H and O–H groups in total. The summed E-state index contributed by atoms with van der Waals surface area (Å²) in [4.78, 5) is 12.2. The minimum atomic E-state index is -0.849. The Balaban J connectivity index is 2.11. The largest absolute Gasteiger partial charge is 0.325 e. The Bertz CT molecular complexity index is 470. The van der Waals surface area contributed by atoms with Gasteiger partial charge < -0.3 is 5.32 Å². The Morgan fingerprint density at radius 1 is 1.22 bits per heavy atom. The number of nitrogens with one attached hydrogen (secondary N) is 1. The fourth-order valence-electron chi connectivity index (χ4n) is 2.33. The second-order valence-electron chi connectivity index (χ2n) is 4.72. The molecular weight excluding hydrogens is 248 g/mol. The summed E-state index contributed by atoms with van der Waals surface area (Å²) >= 11 is 5.79. The molecule has 1 amide bonds. The first-order valence-corrected chi connectivity index (χ1v) is 6.52. The molecule has 0 aromatic heterocycles. The second-order valence-corrected chi connectivity index (χ2v) is 5.15. The third-order valence-corrected chi connectivity index (χ3v) is 3.71. The smallest absolute Gasteiger partial charge is 0.244 e. The van der Waals surface area contributed by atoms with Crippen LogP contribution in [0.3, 0.4) is 0 Å². The van der Waals surface area contributed by atoms with Crippen molar-refractivity contribution in [2.45, 2.75) is 32.1 Å². The molecule has 1 aliphatic rings. The minimum absolute atomic E-state index is 0.188. The number of hydrogen-bond donors (Lipinski definition) is 1. The van der Waals surface area contributed by atoms with Gasteiger partial charge in [0, 0.05) is 10.7 Å². The van der Waals surface area contributed by atoms with Gasteiger partial charge in [0.2, 0.25) is 5.91 Å². The summed E-state index contributed by atoms with van der Waals surface area (Å²) in [5, 5.41) is 12.7. The summed E-state index contributed by atoms with van der Waals surface area (Å²) in [7, 11) is 0. The molecule has 1 aliphatic carbocycles. The summed E-state index contributed by atoms with van der Waals surface area (Å²) in [6, 6.07) is 9.14. The zero-order valence-corrected chi connectivity index (χ0v) is 10.8. The van der Waals surface area contributed by atoms with Gasteiger partial charge in [-0.1, -0.05) is 30.9 Å². The highest BCUT2D eigenvalue weighted by Crippen LogP contribution is 2.36. The number of amides is 1. The van der Waals surface area contributed by atoms with Gasteiger partial charge in [0.15, 0.2) is 0 Å². The first-order valence-electron chi connectivity index (χ1n) is 6.15. The molecule has 3 nitrogen and oxygen atoms in total. The minimum Gasteiger partial charge on any atom is -0.325 e. The molecule has 4 heteroatoms. The van der Waals surface area contributed by atoms with E-state index in [1.165, 1.54) is 0 Å². The van der Waals surface area contributed by atoms with Crippen molar-refractivity contribution in [1.82, 2.24) is 0 Å². The highest BCUT2D eigenvalue weighted by Gasteiger charge is 2.39.